The van der Waals surface area contributed by atoms with Crippen LogP contribution in [-0.4, -0.2) is 31.4 Å². The van der Waals surface area contributed by atoms with E-state index in [1.165, 1.54) is 0 Å². The molecule has 0 spiro atoms. The predicted molar refractivity (Wildman–Crippen MR) is 112 cm³/mol. The zero-order chi connectivity index (χ0) is 22.5. The van der Waals surface area contributed by atoms with E-state index in [4.69, 9.17) is 29.0 Å². The van der Waals surface area contributed by atoms with Crippen LogP contribution < -0.4 is 9.47 Å². The first kappa shape index (κ1) is 24.2. The number of rotatable bonds is 13. The Hall–Kier alpha value is -3.10. The van der Waals surface area contributed by atoms with Crippen molar-refractivity contribution in [2.75, 3.05) is 13.2 Å². The number of unbranched alkanes of at least 4 members (excludes halogenated alkanes) is 1. The molecule has 0 aliphatic rings. The Morgan fingerprint density at radius 2 is 1.26 bits per heavy atom. The van der Waals surface area contributed by atoms with Crippen LogP contribution in [0.1, 0.15) is 60.7 Å². The summed E-state index contributed by atoms with van der Waals surface area (Å²) in [7, 11) is 0. The molecule has 0 amide bonds. The van der Waals surface area contributed by atoms with Crippen molar-refractivity contribution in [1.29, 1.82) is 0 Å². The second kappa shape index (κ2) is 13.3. The molecule has 8 nitrogen and oxygen atoms in total. The zero-order valence-corrected chi connectivity index (χ0v) is 18.0. The summed E-state index contributed by atoms with van der Waals surface area (Å²) in [6.07, 6.45) is 0.838. The third-order valence-corrected chi connectivity index (χ3v) is 4.02. The summed E-state index contributed by atoms with van der Waals surface area (Å²) >= 11 is 0. The fraction of sp³-hybridized carbons (Fsp3) is 0.391. The maximum Gasteiger partial charge on any atom is 0.373 e. The van der Waals surface area contributed by atoms with Gasteiger partial charge in [-0.1, -0.05) is 25.5 Å². The summed E-state index contributed by atoms with van der Waals surface area (Å²) in [5.41, 5.74) is 0.509. The Bertz CT molecular complexity index is 770. The molecule has 0 aromatic heterocycles. The first-order chi connectivity index (χ1) is 15.1. The Morgan fingerprint density at radius 1 is 0.774 bits per heavy atom. The standard InChI is InChI=1S/C23H28O8/c1-4-7-14-21(28-30-22(24)17-10-8-12-19(15-17)26-5-2)29-31-23(25)18-11-9-13-20(16-18)27-6-3/h8-13,15-16,21H,4-7,14H2,1-3H3. The maximum absolute atomic E-state index is 12.3. The first-order valence-electron chi connectivity index (χ1n) is 10.3. The third kappa shape index (κ3) is 8.27. The molecule has 0 radical (unpaired) electrons. The number of carbonyl (C=O) groups excluding carboxylic acids is 2. The van der Waals surface area contributed by atoms with E-state index in [9.17, 15) is 9.59 Å². The quantitative estimate of drug-likeness (QED) is 0.251. The summed E-state index contributed by atoms with van der Waals surface area (Å²) in [5, 5.41) is 0. The number of hydrogen-bond acceptors (Lipinski definition) is 8. The van der Waals surface area contributed by atoms with Crippen LogP contribution in [0.2, 0.25) is 0 Å². The van der Waals surface area contributed by atoms with Gasteiger partial charge in [-0.3, -0.25) is 9.78 Å². The largest absolute Gasteiger partial charge is 0.494 e. The highest BCUT2D eigenvalue weighted by Gasteiger charge is 2.20. The molecule has 0 aliphatic carbocycles. The van der Waals surface area contributed by atoms with Crippen molar-refractivity contribution in [1.82, 2.24) is 0 Å². The molecule has 168 valence electrons. The fourth-order valence-corrected chi connectivity index (χ4v) is 2.53. The lowest BCUT2D eigenvalue weighted by Gasteiger charge is -2.15. The van der Waals surface area contributed by atoms with Crippen LogP contribution in [0, 0.1) is 0 Å². The van der Waals surface area contributed by atoms with Gasteiger partial charge in [-0.2, -0.15) is 0 Å². The lowest BCUT2D eigenvalue weighted by molar-refractivity contribution is -0.421. The molecule has 0 fully saturated rings. The summed E-state index contributed by atoms with van der Waals surface area (Å²) in [5.74, 6) is -0.359. The van der Waals surface area contributed by atoms with Crippen molar-refractivity contribution in [3.05, 3.63) is 59.7 Å². The number of ether oxygens (including phenoxy) is 2. The van der Waals surface area contributed by atoms with E-state index in [1.807, 2.05) is 20.8 Å². The second-order valence-corrected chi connectivity index (χ2v) is 6.43. The second-order valence-electron chi connectivity index (χ2n) is 6.43. The molecular weight excluding hydrogens is 404 g/mol. The SMILES string of the molecule is CCCCC(OOC(=O)c1cccc(OCC)c1)OOC(=O)c1cccc(OCC)c1. The minimum atomic E-state index is -1.07. The van der Waals surface area contributed by atoms with Gasteiger partial charge in [0, 0.05) is 6.42 Å². The molecule has 0 unspecified atom stereocenters. The zero-order valence-electron chi connectivity index (χ0n) is 18.0. The van der Waals surface area contributed by atoms with Crippen LogP contribution in [-0.2, 0) is 19.6 Å². The van der Waals surface area contributed by atoms with Crippen molar-refractivity contribution in [3.8, 4) is 11.5 Å². The lowest BCUT2D eigenvalue weighted by Crippen LogP contribution is -2.22. The van der Waals surface area contributed by atoms with Crippen LogP contribution in [0.15, 0.2) is 48.5 Å². The van der Waals surface area contributed by atoms with Gasteiger partial charge in [0.15, 0.2) is 0 Å². The van der Waals surface area contributed by atoms with Crippen LogP contribution in [0.4, 0.5) is 0 Å². The molecule has 0 saturated carbocycles. The summed E-state index contributed by atoms with van der Waals surface area (Å²) in [6.45, 7) is 6.62. The first-order valence-corrected chi connectivity index (χ1v) is 10.3. The molecule has 0 saturated heterocycles. The normalized spacial score (nSPS) is 10.6. The molecule has 0 aliphatic heterocycles. The van der Waals surface area contributed by atoms with E-state index < -0.39 is 18.2 Å². The molecule has 0 atom stereocenters. The van der Waals surface area contributed by atoms with Gasteiger partial charge in [-0.25, -0.2) is 9.59 Å². The smallest absolute Gasteiger partial charge is 0.373 e. The minimum absolute atomic E-state index is 0.255. The van der Waals surface area contributed by atoms with Gasteiger partial charge < -0.3 is 9.47 Å². The van der Waals surface area contributed by atoms with E-state index in [2.05, 4.69) is 0 Å². The van der Waals surface area contributed by atoms with E-state index in [0.717, 1.165) is 6.42 Å². The summed E-state index contributed by atoms with van der Waals surface area (Å²) in [6, 6.07) is 13.0. The maximum atomic E-state index is 12.3. The van der Waals surface area contributed by atoms with Gasteiger partial charge in [0.05, 0.1) is 24.3 Å². The van der Waals surface area contributed by atoms with Crippen LogP contribution in [0.5, 0.6) is 11.5 Å². The van der Waals surface area contributed by atoms with Gasteiger partial charge in [0.2, 0.25) is 6.29 Å². The molecule has 2 rings (SSSR count). The van der Waals surface area contributed by atoms with Gasteiger partial charge in [0.1, 0.15) is 11.5 Å². The summed E-state index contributed by atoms with van der Waals surface area (Å²) < 4.78 is 10.7. The van der Waals surface area contributed by atoms with Crippen molar-refractivity contribution in [2.24, 2.45) is 0 Å². The number of hydrogen-bond donors (Lipinski definition) is 0. The highest BCUT2D eigenvalue weighted by Crippen LogP contribution is 2.17. The van der Waals surface area contributed by atoms with Crippen molar-refractivity contribution in [2.45, 2.75) is 46.3 Å². The predicted octanol–water partition coefficient (Wildman–Crippen LogP) is 4.88. The highest BCUT2D eigenvalue weighted by molar-refractivity contribution is 5.89. The van der Waals surface area contributed by atoms with Crippen molar-refractivity contribution >= 4 is 11.9 Å². The highest BCUT2D eigenvalue weighted by atomic mass is 17.3. The monoisotopic (exact) mass is 432 g/mol. The summed E-state index contributed by atoms with van der Waals surface area (Å²) in [4.78, 5) is 44.5. The molecule has 8 heteroatoms. The van der Waals surface area contributed by atoms with E-state index >= 15 is 0 Å². The number of benzene rings is 2. The average molecular weight is 432 g/mol. The van der Waals surface area contributed by atoms with Crippen LogP contribution in [0.25, 0.3) is 0 Å². The molecule has 0 bridgehead atoms. The topological polar surface area (TPSA) is 89.5 Å². The molecular formula is C23H28O8. The van der Waals surface area contributed by atoms with Gasteiger partial charge in [0.25, 0.3) is 0 Å². The van der Waals surface area contributed by atoms with Gasteiger partial charge in [-0.05, 0) is 56.7 Å². The fourth-order valence-electron chi connectivity index (χ4n) is 2.53. The third-order valence-electron chi connectivity index (χ3n) is 4.02. The average Bonchev–Trinajstić information content (AvgIpc) is 2.79. The van der Waals surface area contributed by atoms with E-state index in [-0.39, 0.29) is 11.1 Å². The molecule has 0 N–H and O–H groups in total. The molecule has 2 aromatic carbocycles. The Balaban J connectivity index is 1.92. The Morgan fingerprint density at radius 3 is 1.68 bits per heavy atom. The van der Waals surface area contributed by atoms with E-state index in [1.54, 1.807) is 48.5 Å². The Labute approximate surface area is 181 Å². The molecule has 0 heterocycles. The van der Waals surface area contributed by atoms with Gasteiger partial charge >= 0.3 is 11.9 Å². The van der Waals surface area contributed by atoms with Crippen molar-refractivity contribution in [3.63, 3.8) is 0 Å². The minimum Gasteiger partial charge on any atom is -0.494 e. The lowest BCUT2D eigenvalue weighted by atomic mass is 10.2. The number of carbonyl (C=O) groups is 2. The van der Waals surface area contributed by atoms with Crippen LogP contribution in [0.3, 0.4) is 0 Å². The van der Waals surface area contributed by atoms with Crippen LogP contribution >= 0.6 is 0 Å². The molecule has 2 aromatic rings. The Kier molecular flexibility index (Phi) is 10.3. The van der Waals surface area contributed by atoms with Gasteiger partial charge in [-0.15, -0.1) is 9.78 Å². The van der Waals surface area contributed by atoms with E-state index in [0.29, 0.717) is 37.6 Å². The van der Waals surface area contributed by atoms with Crippen molar-refractivity contribution < 1.29 is 38.6 Å². The molecule has 31 heavy (non-hydrogen) atoms.